The number of carbonyl (C=O) groups is 1. The van der Waals surface area contributed by atoms with Crippen LogP contribution in [-0.4, -0.2) is 19.2 Å². The normalized spacial score (nSPS) is 11.9. The minimum Gasteiger partial charge on any atom is -0.467 e. The summed E-state index contributed by atoms with van der Waals surface area (Å²) in [7, 11) is -4.47. The van der Waals surface area contributed by atoms with Gasteiger partial charge >= 0.3 is 16.3 Å². The van der Waals surface area contributed by atoms with Crippen LogP contribution in [0.1, 0.15) is 43.1 Å². The summed E-state index contributed by atoms with van der Waals surface area (Å²) < 4.78 is 74.0. The second-order valence-corrected chi connectivity index (χ2v) is 9.19. The summed E-state index contributed by atoms with van der Waals surface area (Å²) in [5, 5.41) is 0. The average molecular weight is 496 g/mol. The summed E-state index contributed by atoms with van der Waals surface area (Å²) in [6.07, 6.45) is -1.11. The van der Waals surface area contributed by atoms with Crippen molar-refractivity contribution in [1.29, 1.82) is 0 Å². The highest BCUT2D eigenvalue weighted by Crippen LogP contribution is 2.31. The molecule has 0 N–H and O–H groups in total. The van der Waals surface area contributed by atoms with E-state index in [2.05, 4.69) is 0 Å². The van der Waals surface area contributed by atoms with Gasteiger partial charge in [-0.15, -0.1) is 0 Å². The quantitative estimate of drug-likeness (QED) is 0.333. The topological polar surface area (TPSA) is 76.8 Å². The molecular formula is C24H24F3NO5S. The molecule has 0 bridgehead atoms. The Hall–Kier alpha value is -3.27. The van der Waals surface area contributed by atoms with Crippen molar-refractivity contribution in [3.05, 3.63) is 83.8 Å². The highest BCUT2D eigenvalue weighted by molar-refractivity contribution is 7.87. The minimum absolute atomic E-state index is 0.0364. The fraction of sp³-hybridized carbons (Fsp3) is 0.292. The molecule has 34 heavy (non-hydrogen) atoms. The van der Waals surface area contributed by atoms with Crippen molar-refractivity contribution in [2.75, 3.05) is 0 Å². The zero-order valence-electron chi connectivity index (χ0n) is 18.4. The predicted octanol–water partition coefficient (Wildman–Crippen LogP) is 5.79. The number of alkyl halides is 3. The van der Waals surface area contributed by atoms with Crippen LogP contribution in [-0.2, 0) is 34.2 Å². The molecule has 0 unspecified atom stereocenters. The first kappa shape index (κ1) is 25.4. The Balaban J connectivity index is 1.72. The predicted molar refractivity (Wildman–Crippen MR) is 118 cm³/mol. The molecule has 0 radical (unpaired) electrons. The van der Waals surface area contributed by atoms with Gasteiger partial charge in [0.05, 0.1) is 18.4 Å². The summed E-state index contributed by atoms with van der Waals surface area (Å²) >= 11 is 0. The van der Waals surface area contributed by atoms with Gasteiger partial charge in [0.15, 0.2) is 0 Å². The molecule has 6 nitrogen and oxygen atoms in total. The third kappa shape index (κ3) is 6.86. The maximum absolute atomic E-state index is 12.9. The Morgan fingerprint density at radius 1 is 1.03 bits per heavy atom. The zero-order chi connectivity index (χ0) is 24.8. The number of hydrogen-bond acceptors (Lipinski definition) is 5. The lowest BCUT2D eigenvalue weighted by Gasteiger charge is -2.22. The Bertz CT molecular complexity index is 1190. The fourth-order valence-electron chi connectivity index (χ4n) is 3.18. The number of nitrogens with zero attached hydrogens (tertiary/aromatic N) is 1. The van der Waals surface area contributed by atoms with Gasteiger partial charge in [0.1, 0.15) is 16.4 Å². The number of furan rings is 1. The third-order valence-corrected chi connectivity index (χ3v) is 6.22. The monoisotopic (exact) mass is 495 g/mol. The average Bonchev–Trinajstić information content (AvgIpc) is 3.31. The minimum atomic E-state index is -4.68. The first-order chi connectivity index (χ1) is 16.1. The molecule has 3 rings (SSSR count). The lowest BCUT2D eigenvalue weighted by Crippen LogP contribution is -2.29. The van der Waals surface area contributed by atoms with Crippen LogP contribution in [0.5, 0.6) is 5.75 Å². The molecular weight excluding hydrogens is 471 g/mol. The van der Waals surface area contributed by atoms with Gasteiger partial charge in [-0.1, -0.05) is 31.5 Å². The number of benzene rings is 2. The van der Waals surface area contributed by atoms with Gasteiger partial charge in [0.25, 0.3) is 0 Å². The number of carbonyl (C=O) groups excluding carboxylic acids is 1. The molecule has 1 amide bonds. The molecule has 1 aromatic heterocycles. The van der Waals surface area contributed by atoms with Gasteiger partial charge in [0, 0.05) is 13.0 Å². The van der Waals surface area contributed by atoms with Crippen molar-refractivity contribution < 1.29 is 35.0 Å². The Kier molecular flexibility index (Phi) is 8.03. The van der Waals surface area contributed by atoms with Gasteiger partial charge in [-0.3, -0.25) is 4.79 Å². The number of unbranched alkanes of at least 4 members (excludes halogenated alkanes) is 1. The summed E-state index contributed by atoms with van der Waals surface area (Å²) in [4.78, 5) is 13.7. The van der Waals surface area contributed by atoms with Crippen LogP contribution in [0.25, 0.3) is 0 Å². The molecule has 1 heterocycles. The van der Waals surface area contributed by atoms with E-state index >= 15 is 0 Å². The maximum atomic E-state index is 12.9. The van der Waals surface area contributed by atoms with Gasteiger partial charge < -0.3 is 13.5 Å². The van der Waals surface area contributed by atoms with Crippen molar-refractivity contribution in [3.8, 4) is 5.75 Å². The van der Waals surface area contributed by atoms with E-state index in [4.69, 9.17) is 8.60 Å². The Morgan fingerprint density at radius 3 is 2.38 bits per heavy atom. The summed E-state index contributed by atoms with van der Waals surface area (Å²) in [6.45, 7) is 2.55. The van der Waals surface area contributed by atoms with Crippen molar-refractivity contribution in [2.45, 2.75) is 50.3 Å². The third-order valence-electron chi connectivity index (χ3n) is 4.98. The van der Waals surface area contributed by atoms with Gasteiger partial charge in [-0.05, 0) is 54.4 Å². The first-order valence-corrected chi connectivity index (χ1v) is 12.0. The Morgan fingerprint density at radius 2 is 1.76 bits per heavy atom. The molecule has 2 aromatic carbocycles. The molecule has 3 aromatic rings. The van der Waals surface area contributed by atoms with E-state index in [0.29, 0.717) is 18.2 Å². The second kappa shape index (κ2) is 10.8. The number of halogens is 3. The number of amides is 1. The lowest BCUT2D eigenvalue weighted by atomic mass is 10.1. The smallest absolute Gasteiger partial charge is 0.416 e. The number of rotatable bonds is 10. The van der Waals surface area contributed by atoms with E-state index in [0.717, 1.165) is 36.6 Å². The number of hydrogen-bond donors (Lipinski definition) is 0. The summed E-state index contributed by atoms with van der Waals surface area (Å²) in [6, 6.07) is 12.8. The molecule has 10 heteroatoms. The van der Waals surface area contributed by atoms with Gasteiger partial charge in [0.2, 0.25) is 5.91 Å². The Labute approximate surface area is 196 Å². The molecule has 0 aliphatic heterocycles. The first-order valence-electron chi connectivity index (χ1n) is 10.6. The van der Waals surface area contributed by atoms with E-state index in [9.17, 15) is 26.4 Å². The molecule has 0 saturated heterocycles. The van der Waals surface area contributed by atoms with Crippen LogP contribution in [0, 0.1) is 0 Å². The van der Waals surface area contributed by atoms with Gasteiger partial charge in [-0.25, -0.2) is 0 Å². The van der Waals surface area contributed by atoms with Gasteiger partial charge in [-0.2, -0.15) is 21.6 Å². The van der Waals surface area contributed by atoms with Crippen LogP contribution >= 0.6 is 0 Å². The van der Waals surface area contributed by atoms with Crippen molar-refractivity contribution in [2.24, 2.45) is 0 Å². The molecule has 0 aliphatic rings. The molecule has 0 atom stereocenters. The standard InChI is InChI=1S/C24H24F3NO5S/c1-2-3-9-23(29)28(17-21-7-5-14-32-21)16-18-10-12-20(13-11-18)33-34(30,31)22-8-4-6-19(15-22)24(25,26)27/h4-8,10-15H,2-3,9,16-17H2,1H3. The molecule has 0 aliphatic carbocycles. The largest absolute Gasteiger partial charge is 0.467 e. The van der Waals surface area contributed by atoms with Crippen LogP contribution in [0.4, 0.5) is 13.2 Å². The molecule has 0 fully saturated rings. The molecule has 0 spiro atoms. The van der Waals surface area contributed by atoms with Crippen molar-refractivity contribution in [3.63, 3.8) is 0 Å². The maximum Gasteiger partial charge on any atom is 0.416 e. The van der Waals surface area contributed by atoms with E-state index in [1.54, 1.807) is 29.2 Å². The summed E-state index contributed by atoms with van der Waals surface area (Å²) in [5.74, 6) is 0.540. The van der Waals surface area contributed by atoms with E-state index in [1.165, 1.54) is 18.4 Å². The fourth-order valence-corrected chi connectivity index (χ4v) is 4.16. The van der Waals surface area contributed by atoms with Crippen LogP contribution in [0.15, 0.2) is 76.2 Å². The second-order valence-electron chi connectivity index (χ2n) is 7.64. The SMILES string of the molecule is CCCCC(=O)N(Cc1ccc(OS(=O)(=O)c2cccc(C(F)(F)F)c2)cc1)Cc1ccco1. The van der Waals surface area contributed by atoms with Crippen molar-refractivity contribution in [1.82, 2.24) is 4.90 Å². The van der Waals surface area contributed by atoms with E-state index in [-0.39, 0.29) is 24.7 Å². The zero-order valence-corrected chi connectivity index (χ0v) is 19.2. The lowest BCUT2D eigenvalue weighted by molar-refractivity contribution is -0.137. The van der Waals surface area contributed by atoms with E-state index in [1.807, 2.05) is 6.92 Å². The van der Waals surface area contributed by atoms with Crippen LogP contribution in [0.3, 0.4) is 0 Å². The summed E-state index contributed by atoms with van der Waals surface area (Å²) in [5.41, 5.74) is -0.364. The van der Waals surface area contributed by atoms with Crippen LogP contribution in [0.2, 0.25) is 0 Å². The molecule has 182 valence electrons. The van der Waals surface area contributed by atoms with Crippen molar-refractivity contribution >= 4 is 16.0 Å². The highest BCUT2D eigenvalue weighted by Gasteiger charge is 2.32. The molecule has 0 saturated carbocycles. The van der Waals surface area contributed by atoms with Crippen LogP contribution < -0.4 is 4.18 Å². The van der Waals surface area contributed by atoms with E-state index < -0.39 is 26.8 Å². The highest BCUT2D eigenvalue weighted by atomic mass is 32.2.